The summed E-state index contributed by atoms with van der Waals surface area (Å²) < 4.78 is 27.5. The molecule has 84 valence electrons. The lowest BCUT2D eigenvalue weighted by Gasteiger charge is -2.23. The highest BCUT2D eigenvalue weighted by Gasteiger charge is 2.25. The average molecular weight is 221 g/mol. The summed E-state index contributed by atoms with van der Waals surface area (Å²) in [5.74, 6) is 0. The highest BCUT2D eigenvalue weighted by Crippen LogP contribution is 2.05. The molecule has 1 saturated heterocycles. The van der Waals surface area contributed by atoms with Gasteiger partial charge in [0.05, 0.1) is 0 Å². The van der Waals surface area contributed by atoms with E-state index in [2.05, 4.69) is 10.0 Å². The van der Waals surface area contributed by atoms with E-state index in [9.17, 15) is 8.42 Å². The molecule has 14 heavy (non-hydrogen) atoms. The summed E-state index contributed by atoms with van der Waals surface area (Å²) in [4.78, 5) is 0. The first-order chi connectivity index (χ1) is 6.43. The van der Waals surface area contributed by atoms with E-state index in [1.807, 2.05) is 13.8 Å². The van der Waals surface area contributed by atoms with Gasteiger partial charge in [-0.05, 0) is 26.8 Å². The Balaban J connectivity index is 2.56. The van der Waals surface area contributed by atoms with Crippen LogP contribution in [0.1, 0.15) is 20.3 Å². The summed E-state index contributed by atoms with van der Waals surface area (Å²) in [6, 6.07) is 0.0306. The molecule has 1 atom stereocenters. The van der Waals surface area contributed by atoms with Crippen LogP contribution in [0.5, 0.6) is 0 Å². The first kappa shape index (κ1) is 11.9. The topological polar surface area (TPSA) is 61.4 Å². The molecule has 1 heterocycles. The third-order valence-corrected chi connectivity index (χ3v) is 4.29. The van der Waals surface area contributed by atoms with Gasteiger partial charge in [-0.3, -0.25) is 0 Å². The summed E-state index contributed by atoms with van der Waals surface area (Å²) in [6.07, 6.45) is 0.866. The van der Waals surface area contributed by atoms with Crippen LogP contribution in [0.3, 0.4) is 0 Å². The predicted octanol–water partition coefficient (Wildman–Crippen LogP) is -0.477. The van der Waals surface area contributed by atoms with Crippen LogP contribution in [-0.2, 0) is 10.2 Å². The molecular weight excluding hydrogens is 202 g/mol. The van der Waals surface area contributed by atoms with Gasteiger partial charge in [-0.2, -0.15) is 17.4 Å². The van der Waals surface area contributed by atoms with E-state index < -0.39 is 10.2 Å². The lowest BCUT2D eigenvalue weighted by atomic mass is 10.3. The van der Waals surface area contributed by atoms with E-state index in [0.29, 0.717) is 0 Å². The van der Waals surface area contributed by atoms with Gasteiger partial charge >= 0.3 is 0 Å². The summed E-state index contributed by atoms with van der Waals surface area (Å²) in [6.45, 7) is 5.32. The van der Waals surface area contributed by atoms with Crippen molar-refractivity contribution in [1.29, 1.82) is 0 Å². The number of hydrogen-bond donors (Lipinski definition) is 2. The van der Waals surface area contributed by atoms with Crippen molar-refractivity contribution in [3.8, 4) is 0 Å². The maximum Gasteiger partial charge on any atom is 0.279 e. The van der Waals surface area contributed by atoms with Crippen molar-refractivity contribution in [2.75, 3.05) is 20.1 Å². The molecule has 0 radical (unpaired) electrons. The van der Waals surface area contributed by atoms with Gasteiger partial charge in [0.25, 0.3) is 10.2 Å². The van der Waals surface area contributed by atoms with E-state index in [-0.39, 0.29) is 12.1 Å². The van der Waals surface area contributed by atoms with Crippen LogP contribution in [-0.4, -0.2) is 44.9 Å². The molecule has 0 amide bonds. The molecule has 0 aromatic heterocycles. The lowest BCUT2D eigenvalue weighted by molar-refractivity contribution is 0.397. The second-order valence-corrected chi connectivity index (χ2v) is 5.68. The number of nitrogens with one attached hydrogen (secondary N) is 2. The van der Waals surface area contributed by atoms with Crippen LogP contribution in [0.15, 0.2) is 0 Å². The molecule has 0 aromatic rings. The van der Waals surface area contributed by atoms with Crippen LogP contribution < -0.4 is 10.0 Å². The van der Waals surface area contributed by atoms with Crippen molar-refractivity contribution in [1.82, 2.24) is 14.3 Å². The summed E-state index contributed by atoms with van der Waals surface area (Å²) in [7, 11) is -1.71. The minimum Gasteiger partial charge on any atom is -0.315 e. The van der Waals surface area contributed by atoms with Crippen molar-refractivity contribution >= 4 is 10.2 Å². The summed E-state index contributed by atoms with van der Waals surface area (Å²) in [5, 5.41) is 3.12. The van der Waals surface area contributed by atoms with Gasteiger partial charge < -0.3 is 5.32 Å². The first-order valence-electron chi connectivity index (χ1n) is 4.89. The third-order valence-electron chi connectivity index (χ3n) is 2.48. The molecule has 0 unspecified atom stereocenters. The molecule has 1 rings (SSSR count). The van der Waals surface area contributed by atoms with E-state index in [1.165, 1.54) is 4.31 Å². The zero-order valence-corrected chi connectivity index (χ0v) is 9.76. The third kappa shape index (κ3) is 2.91. The highest BCUT2D eigenvalue weighted by atomic mass is 32.2. The zero-order chi connectivity index (χ0) is 10.8. The normalized spacial score (nSPS) is 23.6. The van der Waals surface area contributed by atoms with Gasteiger partial charge in [0, 0.05) is 25.7 Å². The zero-order valence-electron chi connectivity index (χ0n) is 8.95. The van der Waals surface area contributed by atoms with Crippen LogP contribution >= 0.6 is 0 Å². The van der Waals surface area contributed by atoms with Crippen LogP contribution in [0.2, 0.25) is 0 Å². The van der Waals surface area contributed by atoms with E-state index in [1.54, 1.807) is 7.05 Å². The number of hydrogen-bond acceptors (Lipinski definition) is 3. The fourth-order valence-corrected chi connectivity index (χ4v) is 2.67. The number of nitrogens with zero attached hydrogens (tertiary/aromatic N) is 1. The summed E-state index contributed by atoms with van der Waals surface area (Å²) in [5.41, 5.74) is 0. The first-order valence-corrected chi connectivity index (χ1v) is 6.33. The smallest absolute Gasteiger partial charge is 0.279 e. The average Bonchev–Trinajstić information content (AvgIpc) is 2.54. The standard InChI is InChI=1S/C8H19N3O2S/c1-7(2)11(3)14(12,13)10-8-4-5-9-6-8/h7-10H,4-6H2,1-3H3/t8-/m0/s1. The van der Waals surface area contributed by atoms with Crippen molar-refractivity contribution < 1.29 is 8.42 Å². The van der Waals surface area contributed by atoms with Gasteiger partial charge in [-0.25, -0.2) is 0 Å². The van der Waals surface area contributed by atoms with Gasteiger partial charge in [0.1, 0.15) is 0 Å². The monoisotopic (exact) mass is 221 g/mol. The van der Waals surface area contributed by atoms with Crippen molar-refractivity contribution in [3.05, 3.63) is 0 Å². The molecule has 2 N–H and O–H groups in total. The van der Waals surface area contributed by atoms with Gasteiger partial charge in [0.2, 0.25) is 0 Å². The van der Waals surface area contributed by atoms with E-state index in [0.717, 1.165) is 19.5 Å². The maximum absolute atomic E-state index is 11.7. The SMILES string of the molecule is CC(C)N(C)S(=O)(=O)N[C@H]1CCNC1. The quantitative estimate of drug-likeness (QED) is 0.674. The van der Waals surface area contributed by atoms with E-state index >= 15 is 0 Å². The minimum absolute atomic E-state index is 0.0122. The maximum atomic E-state index is 11.7. The van der Waals surface area contributed by atoms with Gasteiger partial charge in [0.15, 0.2) is 0 Å². The summed E-state index contributed by atoms with van der Waals surface area (Å²) >= 11 is 0. The lowest BCUT2D eigenvalue weighted by Crippen LogP contribution is -2.46. The Hall–Kier alpha value is -0.170. The van der Waals surface area contributed by atoms with E-state index in [4.69, 9.17) is 0 Å². The largest absolute Gasteiger partial charge is 0.315 e. The second-order valence-electron chi connectivity index (χ2n) is 3.92. The highest BCUT2D eigenvalue weighted by molar-refractivity contribution is 7.87. The molecule has 0 aromatic carbocycles. The van der Waals surface area contributed by atoms with Crippen LogP contribution in [0.4, 0.5) is 0 Å². The molecule has 1 aliphatic rings. The Kier molecular flexibility index (Phi) is 3.88. The molecule has 0 saturated carbocycles. The van der Waals surface area contributed by atoms with Crippen molar-refractivity contribution in [3.63, 3.8) is 0 Å². The van der Waals surface area contributed by atoms with Crippen molar-refractivity contribution in [2.45, 2.75) is 32.4 Å². The Morgan fingerprint density at radius 2 is 2.14 bits per heavy atom. The predicted molar refractivity (Wildman–Crippen MR) is 56.2 cm³/mol. The molecular formula is C8H19N3O2S. The Bertz CT molecular complexity index is 270. The minimum atomic E-state index is -3.30. The molecule has 0 spiro atoms. The fourth-order valence-electron chi connectivity index (χ4n) is 1.33. The van der Waals surface area contributed by atoms with Gasteiger partial charge in [-0.1, -0.05) is 0 Å². The second kappa shape index (κ2) is 4.57. The van der Waals surface area contributed by atoms with Crippen molar-refractivity contribution in [2.24, 2.45) is 0 Å². The Morgan fingerprint density at radius 1 is 1.50 bits per heavy atom. The van der Waals surface area contributed by atoms with Crippen LogP contribution in [0, 0.1) is 0 Å². The molecule has 0 aliphatic carbocycles. The molecule has 6 heteroatoms. The Labute approximate surface area is 86.0 Å². The Morgan fingerprint density at radius 3 is 2.57 bits per heavy atom. The van der Waals surface area contributed by atoms with Crippen LogP contribution in [0.25, 0.3) is 0 Å². The number of rotatable bonds is 4. The molecule has 5 nitrogen and oxygen atoms in total. The van der Waals surface area contributed by atoms with Gasteiger partial charge in [-0.15, -0.1) is 0 Å². The fraction of sp³-hybridized carbons (Fsp3) is 1.00. The molecule has 0 bridgehead atoms. The molecule has 1 aliphatic heterocycles. The molecule has 1 fully saturated rings.